The maximum absolute atomic E-state index is 13.4. The summed E-state index contributed by atoms with van der Waals surface area (Å²) < 4.78 is 51.2. The highest BCUT2D eigenvalue weighted by atomic mass is 32.2. The molecular formula is C18H21F2N3O3S. The van der Waals surface area contributed by atoms with Crippen molar-refractivity contribution in [3.05, 3.63) is 59.7 Å². The van der Waals surface area contributed by atoms with E-state index in [2.05, 4.69) is 5.32 Å². The highest BCUT2D eigenvalue weighted by Gasteiger charge is 2.22. The van der Waals surface area contributed by atoms with Gasteiger partial charge in [-0.05, 0) is 29.8 Å². The lowest BCUT2D eigenvalue weighted by atomic mass is 10.2. The molecule has 0 spiro atoms. The van der Waals surface area contributed by atoms with Crippen molar-refractivity contribution < 1.29 is 22.0 Å². The summed E-state index contributed by atoms with van der Waals surface area (Å²) in [6.45, 7) is -0.332. The molecule has 9 heteroatoms. The van der Waals surface area contributed by atoms with Crippen LogP contribution in [0.5, 0.6) is 0 Å². The Bertz CT molecular complexity index is 916. The number of carbonyl (C=O) groups is 1. The first-order chi connectivity index (χ1) is 12.6. The Morgan fingerprint density at radius 3 is 2.11 bits per heavy atom. The number of halogens is 2. The summed E-state index contributed by atoms with van der Waals surface area (Å²) in [5, 5.41) is 2.62. The number of hydrogen-bond acceptors (Lipinski definition) is 4. The summed E-state index contributed by atoms with van der Waals surface area (Å²) >= 11 is 0. The first kappa shape index (κ1) is 20.6. The Morgan fingerprint density at radius 1 is 1.00 bits per heavy atom. The molecule has 0 aliphatic carbocycles. The van der Waals surface area contributed by atoms with Crippen LogP contribution in [0.2, 0.25) is 0 Å². The lowest BCUT2D eigenvalue weighted by Crippen LogP contribution is -2.40. The van der Waals surface area contributed by atoms with Crippen LogP contribution >= 0.6 is 0 Å². The lowest BCUT2D eigenvalue weighted by Gasteiger charge is -2.22. The number of benzene rings is 2. The van der Waals surface area contributed by atoms with E-state index in [1.165, 1.54) is 0 Å². The zero-order valence-electron chi connectivity index (χ0n) is 15.2. The Labute approximate surface area is 157 Å². The third-order valence-corrected chi connectivity index (χ3v) is 4.96. The molecule has 0 saturated carbocycles. The minimum absolute atomic E-state index is 0.123. The van der Waals surface area contributed by atoms with Crippen LogP contribution in [-0.4, -0.2) is 41.2 Å². The SMILES string of the molecule is CN(C)c1ccc(CNC(=O)CN(c2ccc(F)c(F)c2)S(C)(=O)=O)cc1. The van der Waals surface area contributed by atoms with Crippen LogP contribution in [0.4, 0.5) is 20.2 Å². The molecule has 2 aromatic carbocycles. The van der Waals surface area contributed by atoms with Gasteiger partial charge in [0.05, 0.1) is 11.9 Å². The normalized spacial score (nSPS) is 11.1. The number of amides is 1. The minimum atomic E-state index is -3.86. The van der Waals surface area contributed by atoms with Crippen molar-refractivity contribution in [2.45, 2.75) is 6.54 Å². The third kappa shape index (κ3) is 5.65. The summed E-state index contributed by atoms with van der Waals surface area (Å²) in [6.07, 6.45) is 0.890. The van der Waals surface area contributed by atoms with Crippen LogP contribution < -0.4 is 14.5 Å². The molecule has 1 N–H and O–H groups in total. The van der Waals surface area contributed by atoms with Crippen LogP contribution in [0.25, 0.3) is 0 Å². The van der Waals surface area contributed by atoms with Crippen LogP contribution in [0.15, 0.2) is 42.5 Å². The van der Waals surface area contributed by atoms with E-state index >= 15 is 0 Å². The zero-order chi connectivity index (χ0) is 20.2. The molecular weight excluding hydrogens is 376 g/mol. The van der Waals surface area contributed by atoms with Gasteiger partial charge in [-0.2, -0.15) is 0 Å². The van der Waals surface area contributed by atoms with E-state index in [0.717, 1.165) is 40.0 Å². The summed E-state index contributed by atoms with van der Waals surface area (Å²) in [4.78, 5) is 14.1. The van der Waals surface area contributed by atoms with Gasteiger partial charge in [0.1, 0.15) is 6.54 Å². The van der Waals surface area contributed by atoms with Crippen LogP contribution in [0, 0.1) is 11.6 Å². The van der Waals surface area contributed by atoms with Crippen LogP contribution in [0.3, 0.4) is 0 Å². The summed E-state index contributed by atoms with van der Waals surface area (Å²) in [5.41, 5.74) is 1.72. The average Bonchev–Trinajstić information content (AvgIpc) is 2.59. The molecule has 0 radical (unpaired) electrons. The number of anilines is 2. The van der Waals surface area contributed by atoms with Crippen molar-refractivity contribution in [2.24, 2.45) is 0 Å². The maximum atomic E-state index is 13.4. The first-order valence-corrected chi connectivity index (χ1v) is 9.88. The molecule has 0 unspecified atom stereocenters. The minimum Gasteiger partial charge on any atom is -0.378 e. The maximum Gasteiger partial charge on any atom is 0.241 e. The molecule has 0 aromatic heterocycles. The smallest absolute Gasteiger partial charge is 0.241 e. The molecule has 0 aliphatic heterocycles. The molecule has 27 heavy (non-hydrogen) atoms. The van der Waals surface area contributed by atoms with Gasteiger partial charge in [-0.25, -0.2) is 17.2 Å². The molecule has 0 fully saturated rings. The van der Waals surface area contributed by atoms with Crippen molar-refractivity contribution in [3.8, 4) is 0 Å². The topological polar surface area (TPSA) is 69.7 Å². The van der Waals surface area contributed by atoms with Gasteiger partial charge in [-0.15, -0.1) is 0 Å². The quantitative estimate of drug-likeness (QED) is 0.777. The van der Waals surface area contributed by atoms with Gasteiger partial charge in [0.2, 0.25) is 15.9 Å². The number of nitrogens with one attached hydrogen (secondary N) is 1. The molecule has 2 rings (SSSR count). The van der Waals surface area contributed by atoms with E-state index in [9.17, 15) is 22.0 Å². The number of nitrogens with zero attached hydrogens (tertiary/aromatic N) is 2. The van der Waals surface area contributed by atoms with Gasteiger partial charge in [-0.1, -0.05) is 12.1 Å². The highest BCUT2D eigenvalue weighted by molar-refractivity contribution is 7.92. The van der Waals surface area contributed by atoms with E-state index in [-0.39, 0.29) is 12.2 Å². The highest BCUT2D eigenvalue weighted by Crippen LogP contribution is 2.20. The molecule has 1 amide bonds. The molecule has 0 saturated heterocycles. The second-order valence-electron chi connectivity index (χ2n) is 6.21. The van der Waals surface area contributed by atoms with Gasteiger partial charge in [-0.3, -0.25) is 9.10 Å². The fourth-order valence-corrected chi connectivity index (χ4v) is 3.19. The van der Waals surface area contributed by atoms with Crippen molar-refractivity contribution in [1.29, 1.82) is 0 Å². The second-order valence-corrected chi connectivity index (χ2v) is 8.11. The number of rotatable bonds is 7. The van der Waals surface area contributed by atoms with Gasteiger partial charge in [0, 0.05) is 32.4 Å². The largest absolute Gasteiger partial charge is 0.378 e. The summed E-state index contributed by atoms with van der Waals surface area (Å²) in [5.74, 6) is -2.86. The average molecular weight is 397 g/mol. The van der Waals surface area contributed by atoms with E-state index in [1.54, 1.807) is 0 Å². The summed E-state index contributed by atoms with van der Waals surface area (Å²) in [6, 6.07) is 10.1. The van der Waals surface area contributed by atoms with Gasteiger partial charge >= 0.3 is 0 Å². The Kier molecular flexibility index (Phi) is 6.37. The number of hydrogen-bond donors (Lipinski definition) is 1. The Hall–Kier alpha value is -2.68. The number of carbonyl (C=O) groups excluding carboxylic acids is 1. The molecule has 0 heterocycles. The Morgan fingerprint density at radius 2 is 1.59 bits per heavy atom. The Balaban J connectivity index is 2.06. The third-order valence-electron chi connectivity index (χ3n) is 3.82. The van der Waals surface area contributed by atoms with Crippen LogP contribution in [0.1, 0.15) is 5.56 Å². The van der Waals surface area contributed by atoms with Crippen molar-refractivity contribution in [1.82, 2.24) is 5.32 Å². The predicted octanol–water partition coefficient (Wildman–Crippen LogP) is 2.11. The van der Waals surface area contributed by atoms with Gasteiger partial charge in [0.25, 0.3) is 0 Å². The molecule has 0 bridgehead atoms. The van der Waals surface area contributed by atoms with Gasteiger partial charge < -0.3 is 10.2 Å². The van der Waals surface area contributed by atoms with Crippen molar-refractivity contribution >= 4 is 27.3 Å². The second kappa shape index (κ2) is 8.34. The standard InChI is InChI=1S/C18H21F2N3O3S/c1-22(2)14-6-4-13(5-7-14)11-21-18(24)12-23(27(3,25)26)15-8-9-16(19)17(20)10-15/h4-10H,11-12H2,1-3H3,(H,21,24). The monoisotopic (exact) mass is 397 g/mol. The fraction of sp³-hybridized carbons (Fsp3) is 0.278. The lowest BCUT2D eigenvalue weighted by molar-refractivity contribution is -0.119. The summed E-state index contributed by atoms with van der Waals surface area (Å²) in [7, 11) is -0.0398. The molecule has 0 atom stereocenters. The van der Waals surface area contributed by atoms with Crippen molar-refractivity contribution in [2.75, 3.05) is 36.1 Å². The van der Waals surface area contributed by atoms with Crippen LogP contribution in [-0.2, 0) is 21.4 Å². The number of sulfonamides is 1. The predicted molar refractivity (Wildman–Crippen MR) is 101 cm³/mol. The molecule has 0 aliphatic rings. The molecule has 2 aromatic rings. The van der Waals surface area contributed by atoms with E-state index in [1.807, 2.05) is 43.3 Å². The zero-order valence-corrected chi connectivity index (χ0v) is 16.1. The molecule has 6 nitrogen and oxygen atoms in total. The van der Waals surface area contributed by atoms with E-state index in [0.29, 0.717) is 0 Å². The van der Waals surface area contributed by atoms with Crippen molar-refractivity contribution in [3.63, 3.8) is 0 Å². The van der Waals surface area contributed by atoms with E-state index in [4.69, 9.17) is 0 Å². The first-order valence-electron chi connectivity index (χ1n) is 8.03. The fourth-order valence-electron chi connectivity index (χ4n) is 2.34. The van der Waals surface area contributed by atoms with Gasteiger partial charge in [0.15, 0.2) is 11.6 Å². The van der Waals surface area contributed by atoms with E-state index < -0.39 is 34.1 Å². The molecule has 146 valence electrons.